The molecular formula is C13H25N3O2. The molecule has 0 saturated carbocycles. The first-order valence-corrected chi connectivity index (χ1v) is 6.78. The lowest BCUT2D eigenvalue weighted by atomic mass is 9.91. The minimum absolute atomic E-state index is 0.0163. The van der Waals surface area contributed by atoms with Crippen LogP contribution in [0.3, 0.4) is 0 Å². The van der Waals surface area contributed by atoms with E-state index in [1.54, 1.807) is 4.90 Å². The predicted octanol–water partition coefficient (Wildman–Crippen LogP) is 0.631. The fourth-order valence-electron chi connectivity index (χ4n) is 2.43. The summed E-state index contributed by atoms with van der Waals surface area (Å²) in [5.41, 5.74) is 5.39. The van der Waals surface area contributed by atoms with Gasteiger partial charge in [-0.2, -0.15) is 0 Å². The maximum Gasteiger partial charge on any atom is 0.242 e. The summed E-state index contributed by atoms with van der Waals surface area (Å²) in [6.45, 7) is 6.71. The number of hydrogen-bond acceptors (Lipinski definition) is 3. The van der Waals surface area contributed by atoms with Crippen molar-refractivity contribution in [3.63, 3.8) is 0 Å². The first kappa shape index (κ1) is 15.0. The van der Waals surface area contributed by atoms with Crippen LogP contribution in [-0.2, 0) is 9.59 Å². The van der Waals surface area contributed by atoms with Crippen molar-refractivity contribution in [2.75, 3.05) is 13.1 Å². The van der Waals surface area contributed by atoms with Gasteiger partial charge < -0.3 is 16.0 Å². The fraction of sp³-hybridized carbons (Fsp3) is 0.846. The monoisotopic (exact) mass is 255 g/mol. The molecule has 5 heteroatoms. The third-order valence-electron chi connectivity index (χ3n) is 3.80. The molecule has 0 radical (unpaired) electrons. The summed E-state index contributed by atoms with van der Waals surface area (Å²) in [6, 6.07) is 0.0677. The quantitative estimate of drug-likeness (QED) is 0.773. The number of hydrogen-bond donors (Lipinski definition) is 2. The normalized spacial score (nSPS) is 20.7. The number of likely N-dealkylation sites (tertiary alicyclic amines) is 1. The van der Waals surface area contributed by atoms with Crippen LogP contribution in [0.5, 0.6) is 0 Å². The number of carbonyl (C=O) groups is 2. The second-order valence-electron chi connectivity index (χ2n) is 5.15. The Morgan fingerprint density at radius 3 is 2.50 bits per heavy atom. The van der Waals surface area contributed by atoms with E-state index in [0.29, 0.717) is 19.4 Å². The SMILES string of the molecule is CCC(N)(CC)C(=O)N1CCCC(NC(C)=O)C1. The van der Waals surface area contributed by atoms with Crippen LogP contribution in [0.4, 0.5) is 0 Å². The van der Waals surface area contributed by atoms with Gasteiger partial charge in [0.2, 0.25) is 11.8 Å². The summed E-state index contributed by atoms with van der Waals surface area (Å²) >= 11 is 0. The molecule has 1 heterocycles. The van der Waals surface area contributed by atoms with E-state index in [0.717, 1.165) is 19.4 Å². The number of piperidine rings is 1. The molecule has 1 unspecified atom stereocenters. The van der Waals surface area contributed by atoms with Crippen molar-refractivity contribution in [1.29, 1.82) is 0 Å². The van der Waals surface area contributed by atoms with Gasteiger partial charge in [0.25, 0.3) is 0 Å². The van der Waals surface area contributed by atoms with Gasteiger partial charge in [-0.25, -0.2) is 0 Å². The predicted molar refractivity (Wildman–Crippen MR) is 70.9 cm³/mol. The number of nitrogens with two attached hydrogens (primary N) is 1. The van der Waals surface area contributed by atoms with Gasteiger partial charge in [-0.3, -0.25) is 9.59 Å². The molecule has 18 heavy (non-hydrogen) atoms. The highest BCUT2D eigenvalue weighted by atomic mass is 16.2. The van der Waals surface area contributed by atoms with Crippen LogP contribution in [0.15, 0.2) is 0 Å². The molecule has 104 valence electrons. The van der Waals surface area contributed by atoms with Gasteiger partial charge in [-0.05, 0) is 25.7 Å². The number of nitrogens with zero attached hydrogens (tertiary/aromatic N) is 1. The van der Waals surface area contributed by atoms with E-state index >= 15 is 0 Å². The van der Waals surface area contributed by atoms with E-state index in [4.69, 9.17) is 5.73 Å². The van der Waals surface area contributed by atoms with E-state index in [2.05, 4.69) is 5.32 Å². The Labute approximate surface area is 109 Å². The lowest BCUT2D eigenvalue weighted by Crippen LogP contribution is -2.59. The van der Waals surface area contributed by atoms with Crippen molar-refractivity contribution in [3.05, 3.63) is 0 Å². The summed E-state index contributed by atoms with van der Waals surface area (Å²) in [7, 11) is 0. The molecule has 0 aromatic heterocycles. The zero-order valence-corrected chi connectivity index (χ0v) is 11.7. The van der Waals surface area contributed by atoms with E-state index in [9.17, 15) is 9.59 Å². The highest BCUT2D eigenvalue weighted by Crippen LogP contribution is 2.19. The molecule has 0 aromatic carbocycles. The molecule has 3 N–H and O–H groups in total. The fourth-order valence-corrected chi connectivity index (χ4v) is 2.43. The van der Waals surface area contributed by atoms with Gasteiger partial charge in [0.1, 0.15) is 0 Å². The van der Waals surface area contributed by atoms with Gasteiger partial charge in [-0.1, -0.05) is 13.8 Å². The van der Waals surface area contributed by atoms with Crippen molar-refractivity contribution >= 4 is 11.8 Å². The number of nitrogens with one attached hydrogen (secondary N) is 1. The van der Waals surface area contributed by atoms with Gasteiger partial charge in [0.15, 0.2) is 0 Å². The van der Waals surface area contributed by atoms with Crippen molar-refractivity contribution in [2.24, 2.45) is 5.73 Å². The van der Waals surface area contributed by atoms with Crippen molar-refractivity contribution in [2.45, 2.75) is 58.0 Å². The summed E-state index contributed by atoms with van der Waals surface area (Å²) < 4.78 is 0. The standard InChI is InChI=1S/C13H25N3O2/c1-4-13(14,5-2)12(18)16-8-6-7-11(9-16)15-10(3)17/h11H,4-9,14H2,1-3H3,(H,15,17). The first-order valence-electron chi connectivity index (χ1n) is 6.78. The Hall–Kier alpha value is -1.10. The summed E-state index contributed by atoms with van der Waals surface area (Å²) in [4.78, 5) is 25.3. The van der Waals surface area contributed by atoms with Crippen LogP contribution >= 0.6 is 0 Å². The maximum atomic E-state index is 12.4. The summed E-state index contributed by atoms with van der Waals surface area (Å²) in [5, 5.41) is 2.88. The third-order valence-corrected chi connectivity index (χ3v) is 3.80. The molecule has 1 rings (SSSR count). The molecule has 1 saturated heterocycles. The number of carbonyl (C=O) groups excluding carboxylic acids is 2. The van der Waals surface area contributed by atoms with Crippen LogP contribution in [0.25, 0.3) is 0 Å². The van der Waals surface area contributed by atoms with Crippen LogP contribution in [0, 0.1) is 0 Å². The minimum atomic E-state index is -0.752. The lowest BCUT2D eigenvalue weighted by molar-refractivity contribution is -0.139. The molecule has 1 aliphatic rings. The molecule has 5 nitrogen and oxygen atoms in total. The molecule has 1 aliphatic heterocycles. The third kappa shape index (κ3) is 3.45. The average molecular weight is 255 g/mol. The Kier molecular flexibility index (Phi) is 5.14. The number of amides is 2. The van der Waals surface area contributed by atoms with Gasteiger partial charge in [-0.15, -0.1) is 0 Å². The first-order chi connectivity index (χ1) is 8.42. The minimum Gasteiger partial charge on any atom is -0.352 e. The molecule has 2 amide bonds. The van der Waals surface area contributed by atoms with Crippen molar-refractivity contribution in [3.8, 4) is 0 Å². The van der Waals surface area contributed by atoms with Crippen LogP contribution < -0.4 is 11.1 Å². The van der Waals surface area contributed by atoms with Crippen molar-refractivity contribution in [1.82, 2.24) is 10.2 Å². The van der Waals surface area contributed by atoms with E-state index < -0.39 is 5.54 Å². The Bertz CT molecular complexity index is 313. The Balaban J connectivity index is 2.66. The van der Waals surface area contributed by atoms with Crippen molar-refractivity contribution < 1.29 is 9.59 Å². The Morgan fingerprint density at radius 2 is 2.00 bits per heavy atom. The molecule has 0 aliphatic carbocycles. The van der Waals surface area contributed by atoms with Crippen LogP contribution in [0.1, 0.15) is 46.5 Å². The molecule has 0 aromatic rings. The lowest BCUT2D eigenvalue weighted by Gasteiger charge is -2.38. The molecule has 0 bridgehead atoms. The molecule has 1 atom stereocenters. The van der Waals surface area contributed by atoms with Crippen LogP contribution in [0.2, 0.25) is 0 Å². The zero-order chi connectivity index (χ0) is 13.8. The topological polar surface area (TPSA) is 75.4 Å². The smallest absolute Gasteiger partial charge is 0.242 e. The van der Waals surface area contributed by atoms with E-state index in [-0.39, 0.29) is 17.9 Å². The number of rotatable bonds is 4. The van der Waals surface area contributed by atoms with E-state index in [1.807, 2.05) is 13.8 Å². The van der Waals surface area contributed by atoms with E-state index in [1.165, 1.54) is 6.92 Å². The highest BCUT2D eigenvalue weighted by molar-refractivity contribution is 5.86. The highest BCUT2D eigenvalue weighted by Gasteiger charge is 2.36. The second-order valence-corrected chi connectivity index (χ2v) is 5.15. The van der Waals surface area contributed by atoms with Gasteiger partial charge in [0.05, 0.1) is 5.54 Å². The summed E-state index contributed by atoms with van der Waals surface area (Å²) in [5.74, 6) is -0.0261. The van der Waals surface area contributed by atoms with Gasteiger partial charge in [0, 0.05) is 26.1 Å². The summed E-state index contributed by atoms with van der Waals surface area (Å²) in [6.07, 6.45) is 3.13. The van der Waals surface area contributed by atoms with Crippen LogP contribution in [-0.4, -0.2) is 41.4 Å². The average Bonchev–Trinajstić information content (AvgIpc) is 2.36. The zero-order valence-electron chi connectivity index (χ0n) is 11.7. The van der Waals surface area contributed by atoms with Gasteiger partial charge >= 0.3 is 0 Å². The molecular weight excluding hydrogens is 230 g/mol. The maximum absolute atomic E-state index is 12.4. The molecule has 0 spiro atoms. The Morgan fingerprint density at radius 1 is 1.39 bits per heavy atom. The largest absolute Gasteiger partial charge is 0.352 e. The second kappa shape index (κ2) is 6.18. The molecule has 1 fully saturated rings.